The molecule has 0 fully saturated rings. The highest BCUT2D eigenvalue weighted by Crippen LogP contribution is 2.15. The van der Waals surface area contributed by atoms with E-state index in [4.69, 9.17) is 0 Å². The summed E-state index contributed by atoms with van der Waals surface area (Å²) < 4.78 is 28.8. The van der Waals surface area contributed by atoms with Crippen molar-refractivity contribution in [1.82, 2.24) is 4.98 Å². The van der Waals surface area contributed by atoms with Gasteiger partial charge in [-0.25, -0.2) is 4.98 Å². The van der Waals surface area contributed by atoms with Gasteiger partial charge in [0.2, 0.25) is 0 Å². The zero-order chi connectivity index (χ0) is 14.8. The van der Waals surface area contributed by atoms with Crippen LogP contribution in [0.15, 0.2) is 56.4 Å². The molecule has 0 saturated carbocycles. The van der Waals surface area contributed by atoms with E-state index in [1.807, 2.05) is 6.92 Å². The Balaban J connectivity index is 2.40. The maximum atomic E-state index is 12.2. The Hall–Kier alpha value is -1.53. The predicted molar refractivity (Wildman–Crippen MR) is 82.5 cm³/mol. The molecule has 0 aliphatic rings. The van der Waals surface area contributed by atoms with Crippen LogP contribution in [0.2, 0.25) is 0 Å². The first kappa shape index (κ1) is 14.9. The molecule has 2 aromatic rings. The second kappa shape index (κ2) is 5.85. The fraction of sp³-hybridized carbons (Fsp3) is 0.143. The first-order chi connectivity index (χ1) is 9.38. The monoisotopic (exact) mass is 352 g/mol. The minimum absolute atomic E-state index is 0.178. The molecule has 0 saturated heterocycles. The van der Waals surface area contributed by atoms with Gasteiger partial charge in [-0.2, -0.15) is 12.8 Å². The molecule has 1 aromatic carbocycles. The van der Waals surface area contributed by atoms with E-state index < -0.39 is 10.0 Å². The summed E-state index contributed by atoms with van der Waals surface area (Å²) in [6.07, 6.45) is 0. The summed E-state index contributed by atoms with van der Waals surface area (Å²) >= 11 is 3.25. The van der Waals surface area contributed by atoms with Gasteiger partial charge in [0.05, 0.1) is 16.3 Å². The van der Waals surface area contributed by atoms with Crippen molar-refractivity contribution in [3.05, 3.63) is 58.3 Å². The average molecular weight is 353 g/mol. The van der Waals surface area contributed by atoms with Crippen LogP contribution in [0.3, 0.4) is 0 Å². The Morgan fingerprint density at radius 3 is 2.40 bits per heavy atom. The fourth-order valence-corrected chi connectivity index (χ4v) is 2.98. The lowest BCUT2D eigenvalue weighted by Gasteiger charge is -2.03. The Morgan fingerprint density at radius 1 is 1.15 bits per heavy atom. The number of hydrogen-bond donors (Lipinski definition) is 0. The summed E-state index contributed by atoms with van der Waals surface area (Å²) in [6, 6.07) is 11.9. The molecule has 0 aliphatic carbocycles. The highest BCUT2D eigenvalue weighted by molar-refractivity contribution is 9.10. The molecule has 0 bridgehead atoms. The lowest BCUT2D eigenvalue weighted by Crippen LogP contribution is -2.05. The molecule has 20 heavy (non-hydrogen) atoms. The molecule has 2 rings (SSSR count). The van der Waals surface area contributed by atoms with E-state index in [1.54, 1.807) is 49.4 Å². The van der Waals surface area contributed by atoms with E-state index in [2.05, 4.69) is 25.3 Å². The Bertz CT molecular complexity index is 753. The smallest absolute Gasteiger partial charge is 0.240 e. The minimum atomic E-state index is -3.70. The third-order valence-electron chi connectivity index (χ3n) is 2.66. The number of nitrogens with zero attached hydrogens (tertiary/aromatic N) is 2. The maximum absolute atomic E-state index is 12.2. The van der Waals surface area contributed by atoms with Crippen LogP contribution in [0.4, 0.5) is 0 Å². The Labute approximate surface area is 126 Å². The van der Waals surface area contributed by atoms with Gasteiger partial charge in [-0.3, -0.25) is 0 Å². The number of halogens is 1. The highest BCUT2D eigenvalue weighted by atomic mass is 79.9. The standard InChI is InChI=1S/C14H13BrN2O2S/c1-10-6-8-12(9-7-10)20(18,19)17-11(2)13-4-3-5-14(15)16-13/h3-9H,1-2H3/b17-11-. The lowest BCUT2D eigenvalue weighted by atomic mass is 10.2. The maximum Gasteiger partial charge on any atom is 0.282 e. The van der Waals surface area contributed by atoms with Gasteiger partial charge in [-0.1, -0.05) is 23.8 Å². The van der Waals surface area contributed by atoms with Crippen molar-refractivity contribution in [3.63, 3.8) is 0 Å². The Morgan fingerprint density at radius 2 is 1.80 bits per heavy atom. The lowest BCUT2D eigenvalue weighted by molar-refractivity contribution is 0.598. The number of aryl methyl sites for hydroxylation is 1. The number of rotatable bonds is 3. The van der Waals surface area contributed by atoms with Crippen molar-refractivity contribution in [1.29, 1.82) is 0 Å². The highest BCUT2D eigenvalue weighted by Gasteiger charge is 2.13. The van der Waals surface area contributed by atoms with E-state index in [-0.39, 0.29) is 4.90 Å². The topological polar surface area (TPSA) is 59.4 Å². The van der Waals surface area contributed by atoms with E-state index in [0.717, 1.165) is 5.56 Å². The van der Waals surface area contributed by atoms with E-state index >= 15 is 0 Å². The molecular weight excluding hydrogens is 340 g/mol. The van der Waals surface area contributed by atoms with Crippen molar-refractivity contribution >= 4 is 31.7 Å². The molecule has 0 radical (unpaired) electrons. The van der Waals surface area contributed by atoms with Gasteiger partial charge in [0.25, 0.3) is 10.0 Å². The zero-order valence-electron chi connectivity index (χ0n) is 11.0. The van der Waals surface area contributed by atoms with Crippen LogP contribution in [-0.2, 0) is 10.0 Å². The van der Waals surface area contributed by atoms with Crippen LogP contribution in [0, 0.1) is 6.92 Å². The van der Waals surface area contributed by atoms with Crippen LogP contribution in [0.1, 0.15) is 18.2 Å². The van der Waals surface area contributed by atoms with Gasteiger partial charge < -0.3 is 0 Å². The molecule has 0 aliphatic heterocycles. The Kier molecular flexibility index (Phi) is 4.35. The third kappa shape index (κ3) is 3.52. The second-order valence-electron chi connectivity index (χ2n) is 4.31. The van der Waals surface area contributed by atoms with Crippen LogP contribution >= 0.6 is 15.9 Å². The van der Waals surface area contributed by atoms with Crippen molar-refractivity contribution in [2.45, 2.75) is 18.7 Å². The SMILES string of the molecule is C/C(=N/S(=O)(=O)c1ccc(C)cc1)c1cccc(Br)n1. The molecule has 0 unspecified atom stereocenters. The summed E-state index contributed by atoms with van der Waals surface area (Å²) in [4.78, 5) is 4.36. The number of benzene rings is 1. The number of pyridine rings is 1. The van der Waals surface area contributed by atoms with Gasteiger partial charge in [-0.15, -0.1) is 0 Å². The first-order valence-corrected chi connectivity index (χ1v) is 8.13. The summed E-state index contributed by atoms with van der Waals surface area (Å²) in [7, 11) is -3.70. The molecule has 0 N–H and O–H groups in total. The molecule has 1 aromatic heterocycles. The summed E-state index contributed by atoms with van der Waals surface area (Å²) in [5, 5.41) is 0. The summed E-state index contributed by atoms with van der Waals surface area (Å²) in [5.41, 5.74) is 1.88. The van der Waals surface area contributed by atoms with Crippen LogP contribution < -0.4 is 0 Å². The van der Waals surface area contributed by atoms with Crippen molar-refractivity contribution in [2.75, 3.05) is 0 Å². The number of aromatic nitrogens is 1. The van der Waals surface area contributed by atoms with E-state index in [0.29, 0.717) is 16.0 Å². The van der Waals surface area contributed by atoms with Crippen LogP contribution in [0.5, 0.6) is 0 Å². The van der Waals surface area contributed by atoms with Crippen LogP contribution in [0.25, 0.3) is 0 Å². The largest absolute Gasteiger partial charge is 0.282 e. The van der Waals surface area contributed by atoms with Crippen molar-refractivity contribution in [3.8, 4) is 0 Å². The van der Waals surface area contributed by atoms with Gasteiger partial charge >= 0.3 is 0 Å². The van der Waals surface area contributed by atoms with Gasteiger partial charge in [-0.05, 0) is 54.0 Å². The molecule has 0 spiro atoms. The summed E-state index contributed by atoms with van der Waals surface area (Å²) in [6.45, 7) is 3.52. The molecule has 0 atom stereocenters. The zero-order valence-corrected chi connectivity index (χ0v) is 13.4. The quantitative estimate of drug-likeness (QED) is 0.628. The predicted octanol–water partition coefficient (Wildman–Crippen LogP) is 3.35. The normalized spacial score (nSPS) is 12.4. The molecule has 6 heteroatoms. The van der Waals surface area contributed by atoms with Crippen molar-refractivity contribution < 1.29 is 8.42 Å². The fourth-order valence-electron chi connectivity index (χ4n) is 1.60. The van der Waals surface area contributed by atoms with Crippen molar-refractivity contribution in [2.24, 2.45) is 4.40 Å². The molecule has 4 nitrogen and oxygen atoms in total. The van der Waals surface area contributed by atoms with Gasteiger partial charge in [0, 0.05) is 0 Å². The van der Waals surface area contributed by atoms with E-state index in [1.165, 1.54) is 0 Å². The van der Waals surface area contributed by atoms with E-state index in [9.17, 15) is 8.42 Å². The molecule has 1 heterocycles. The molecule has 104 valence electrons. The van der Waals surface area contributed by atoms with Gasteiger partial charge in [0.1, 0.15) is 4.60 Å². The number of hydrogen-bond acceptors (Lipinski definition) is 3. The van der Waals surface area contributed by atoms with Gasteiger partial charge in [0.15, 0.2) is 0 Å². The third-order valence-corrected chi connectivity index (χ3v) is 4.49. The number of sulfonamides is 1. The average Bonchev–Trinajstić information content (AvgIpc) is 2.38. The second-order valence-corrected chi connectivity index (χ2v) is 6.73. The summed E-state index contributed by atoms with van der Waals surface area (Å²) in [5.74, 6) is 0. The first-order valence-electron chi connectivity index (χ1n) is 5.90. The molecule has 0 amide bonds. The minimum Gasteiger partial charge on any atom is -0.240 e. The van der Waals surface area contributed by atoms with Crippen LogP contribution in [-0.4, -0.2) is 19.1 Å². The molecular formula is C14H13BrN2O2S.